The lowest BCUT2D eigenvalue weighted by Gasteiger charge is -2.23. The van der Waals surface area contributed by atoms with E-state index in [0.29, 0.717) is 11.7 Å². The zero-order valence-electron chi connectivity index (χ0n) is 18.8. The molecular formula is C24H33N5O3. The maximum absolute atomic E-state index is 9.70. The molecule has 1 aliphatic rings. The number of hydrogen-bond donors (Lipinski definition) is 3. The standard InChI is InChI=1S/C24H33N5O3/c1-16(2)29-24-21(14-27-29)23(26-13-17-6-8-31-9-7-17)11-22(28-24)18-4-3-5-20(10-18)32-15-19(30)12-25/h3-5,10-11,14,16-17,19,30H,6-9,12-13,15,25H2,1-2H3,(H,26,28). The molecule has 8 nitrogen and oxygen atoms in total. The predicted molar refractivity (Wildman–Crippen MR) is 126 cm³/mol. The highest BCUT2D eigenvalue weighted by molar-refractivity contribution is 5.91. The van der Waals surface area contributed by atoms with Gasteiger partial charge in [0, 0.05) is 43.6 Å². The highest BCUT2D eigenvalue weighted by Crippen LogP contribution is 2.31. The summed E-state index contributed by atoms with van der Waals surface area (Å²) in [6, 6.07) is 10.0. The van der Waals surface area contributed by atoms with Crippen LogP contribution in [0.25, 0.3) is 22.3 Å². The van der Waals surface area contributed by atoms with Gasteiger partial charge in [-0.15, -0.1) is 0 Å². The third-order valence-corrected chi connectivity index (χ3v) is 5.82. The summed E-state index contributed by atoms with van der Waals surface area (Å²) in [6.07, 6.45) is 3.36. The normalized spacial score (nSPS) is 15.9. The molecule has 3 heterocycles. The van der Waals surface area contributed by atoms with Crippen molar-refractivity contribution in [3.05, 3.63) is 36.5 Å². The van der Waals surface area contributed by atoms with Gasteiger partial charge in [0.1, 0.15) is 18.5 Å². The second-order valence-electron chi connectivity index (χ2n) is 8.64. The van der Waals surface area contributed by atoms with Crippen molar-refractivity contribution in [1.82, 2.24) is 14.8 Å². The monoisotopic (exact) mass is 439 g/mol. The van der Waals surface area contributed by atoms with Crippen LogP contribution in [0, 0.1) is 5.92 Å². The number of nitrogens with one attached hydrogen (secondary N) is 1. The topological polar surface area (TPSA) is 107 Å². The smallest absolute Gasteiger partial charge is 0.160 e. The number of rotatable bonds is 9. The summed E-state index contributed by atoms with van der Waals surface area (Å²) in [4.78, 5) is 4.95. The lowest BCUT2D eigenvalue weighted by Crippen LogP contribution is -2.26. The minimum Gasteiger partial charge on any atom is -0.491 e. The van der Waals surface area contributed by atoms with Crippen molar-refractivity contribution in [2.75, 3.05) is 38.2 Å². The molecule has 2 aromatic heterocycles. The Balaban J connectivity index is 1.65. The van der Waals surface area contributed by atoms with Gasteiger partial charge in [0.2, 0.25) is 0 Å². The number of hydrogen-bond acceptors (Lipinski definition) is 7. The van der Waals surface area contributed by atoms with Crippen LogP contribution in [0.1, 0.15) is 32.7 Å². The molecule has 0 aliphatic carbocycles. The van der Waals surface area contributed by atoms with E-state index in [2.05, 4.69) is 30.3 Å². The van der Waals surface area contributed by atoms with Crippen molar-refractivity contribution in [1.29, 1.82) is 0 Å². The van der Waals surface area contributed by atoms with Gasteiger partial charge >= 0.3 is 0 Å². The Morgan fingerprint density at radius 1 is 1.28 bits per heavy atom. The number of aliphatic hydroxyl groups is 1. The van der Waals surface area contributed by atoms with Gasteiger partial charge in [0.15, 0.2) is 5.65 Å². The molecule has 0 amide bonds. The van der Waals surface area contributed by atoms with Gasteiger partial charge in [-0.1, -0.05) is 12.1 Å². The second kappa shape index (κ2) is 10.3. The van der Waals surface area contributed by atoms with E-state index >= 15 is 0 Å². The van der Waals surface area contributed by atoms with Crippen molar-refractivity contribution >= 4 is 16.7 Å². The highest BCUT2D eigenvalue weighted by atomic mass is 16.5. The fraction of sp³-hybridized carbons (Fsp3) is 0.500. The number of aliphatic hydroxyl groups excluding tert-OH is 1. The number of pyridine rings is 1. The molecule has 172 valence electrons. The summed E-state index contributed by atoms with van der Waals surface area (Å²) in [5.74, 6) is 1.27. The molecule has 1 fully saturated rings. The summed E-state index contributed by atoms with van der Waals surface area (Å²) in [7, 11) is 0. The van der Waals surface area contributed by atoms with E-state index in [1.54, 1.807) is 0 Å². The second-order valence-corrected chi connectivity index (χ2v) is 8.64. The van der Waals surface area contributed by atoms with E-state index < -0.39 is 6.10 Å². The molecule has 3 aromatic rings. The first-order valence-corrected chi connectivity index (χ1v) is 11.4. The lowest BCUT2D eigenvalue weighted by molar-refractivity contribution is 0.0699. The third-order valence-electron chi connectivity index (χ3n) is 5.82. The number of anilines is 1. The van der Waals surface area contributed by atoms with Crippen LogP contribution < -0.4 is 15.8 Å². The molecule has 0 spiro atoms. The first kappa shape index (κ1) is 22.5. The van der Waals surface area contributed by atoms with Gasteiger partial charge in [-0.3, -0.25) is 0 Å². The molecule has 0 radical (unpaired) electrons. The van der Waals surface area contributed by atoms with Gasteiger partial charge in [0.25, 0.3) is 0 Å². The molecular weight excluding hydrogens is 406 g/mol. The quantitative estimate of drug-likeness (QED) is 0.470. The van der Waals surface area contributed by atoms with E-state index in [1.165, 1.54) is 0 Å². The predicted octanol–water partition coefficient (Wildman–Crippen LogP) is 3.22. The van der Waals surface area contributed by atoms with Crippen molar-refractivity contribution in [2.45, 2.75) is 38.8 Å². The van der Waals surface area contributed by atoms with Gasteiger partial charge < -0.3 is 25.6 Å². The number of nitrogens with two attached hydrogens (primary N) is 1. The summed E-state index contributed by atoms with van der Waals surface area (Å²) in [5.41, 5.74) is 9.16. The van der Waals surface area contributed by atoms with Gasteiger partial charge in [-0.25, -0.2) is 9.67 Å². The van der Waals surface area contributed by atoms with Crippen LogP contribution >= 0.6 is 0 Å². The van der Waals surface area contributed by atoms with E-state index in [4.69, 9.17) is 20.2 Å². The molecule has 1 atom stereocenters. The zero-order chi connectivity index (χ0) is 22.5. The Morgan fingerprint density at radius 2 is 2.09 bits per heavy atom. The molecule has 4 N–H and O–H groups in total. The minimum absolute atomic E-state index is 0.157. The summed E-state index contributed by atoms with van der Waals surface area (Å²) >= 11 is 0. The SMILES string of the molecule is CC(C)n1ncc2c(NCC3CCOCC3)cc(-c3cccc(OCC(O)CN)c3)nc21. The molecule has 8 heteroatoms. The van der Waals surface area contributed by atoms with Gasteiger partial charge in [-0.05, 0) is 50.8 Å². The fourth-order valence-electron chi connectivity index (χ4n) is 3.90. The molecule has 1 aromatic carbocycles. The lowest BCUT2D eigenvalue weighted by atomic mass is 10.0. The highest BCUT2D eigenvalue weighted by Gasteiger charge is 2.17. The molecule has 4 rings (SSSR count). The molecule has 1 unspecified atom stereocenters. The van der Waals surface area contributed by atoms with Crippen LogP contribution in [0.5, 0.6) is 5.75 Å². The number of aromatic nitrogens is 3. The van der Waals surface area contributed by atoms with E-state index in [-0.39, 0.29) is 19.2 Å². The molecule has 1 saturated heterocycles. The van der Waals surface area contributed by atoms with Crippen LogP contribution in [-0.4, -0.2) is 58.9 Å². The number of ether oxygens (including phenoxy) is 2. The Kier molecular flexibility index (Phi) is 7.24. The summed E-state index contributed by atoms with van der Waals surface area (Å²) in [6.45, 7) is 7.10. The van der Waals surface area contributed by atoms with E-state index in [9.17, 15) is 5.11 Å². The maximum Gasteiger partial charge on any atom is 0.160 e. The summed E-state index contributed by atoms with van der Waals surface area (Å²) in [5, 5.41) is 19.0. The Hall–Kier alpha value is -2.68. The van der Waals surface area contributed by atoms with Crippen LogP contribution in [-0.2, 0) is 4.74 Å². The van der Waals surface area contributed by atoms with Gasteiger partial charge in [0.05, 0.1) is 17.3 Å². The van der Waals surface area contributed by atoms with Gasteiger partial charge in [-0.2, -0.15) is 5.10 Å². The van der Waals surface area contributed by atoms with Crippen molar-refractivity contribution in [2.24, 2.45) is 11.7 Å². The van der Waals surface area contributed by atoms with Crippen LogP contribution in [0.2, 0.25) is 0 Å². The Bertz CT molecular complexity index is 1030. The fourth-order valence-corrected chi connectivity index (χ4v) is 3.90. The average Bonchev–Trinajstić information content (AvgIpc) is 3.26. The first-order valence-electron chi connectivity index (χ1n) is 11.4. The number of fused-ring (bicyclic) bond motifs is 1. The maximum atomic E-state index is 9.70. The first-order chi connectivity index (χ1) is 15.5. The number of benzene rings is 1. The summed E-state index contributed by atoms with van der Waals surface area (Å²) < 4.78 is 13.2. The van der Waals surface area contributed by atoms with Crippen LogP contribution in [0.4, 0.5) is 5.69 Å². The van der Waals surface area contributed by atoms with Crippen molar-refractivity contribution in [3.63, 3.8) is 0 Å². The van der Waals surface area contributed by atoms with Crippen LogP contribution in [0.3, 0.4) is 0 Å². The molecule has 0 bridgehead atoms. The van der Waals surface area contributed by atoms with Crippen molar-refractivity contribution in [3.8, 4) is 17.0 Å². The van der Waals surface area contributed by atoms with E-state index in [1.807, 2.05) is 35.1 Å². The Labute approximate surface area is 188 Å². The minimum atomic E-state index is -0.686. The molecule has 1 aliphatic heterocycles. The largest absolute Gasteiger partial charge is 0.491 e. The van der Waals surface area contributed by atoms with Crippen molar-refractivity contribution < 1.29 is 14.6 Å². The van der Waals surface area contributed by atoms with E-state index in [0.717, 1.165) is 60.6 Å². The van der Waals surface area contributed by atoms with Crippen LogP contribution in [0.15, 0.2) is 36.5 Å². The molecule has 0 saturated carbocycles. The third kappa shape index (κ3) is 5.20. The molecule has 32 heavy (non-hydrogen) atoms. The average molecular weight is 440 g/mol. The number of nitrogens with zero attached hydrogens (tertiary/aromatic N) is 3. The Morgan fingerprint density at radius 3 is 2.84 bits per heavy atom. The zero-order valence-corrected chi connectivity index (χ0v) is 18.8.